The quantitative estimate of drug-likeness (QED) is 0.623. The van der Waals surface area contributed by atoms with Crippen LogP contribution in [0.4, 0.5) is 0 Å². The van der Waals surface area contributed by atoms with E-state index in [4.69, 9.17) is 9.47 Å². The minimum absolute atomic E-state index is 0. The van der Waals surface area contributed by atoms with E-state index in [1.807, 2.05) is 24.3 Å². The summed E-state index contributed by atoms with van der Waals surface area (Å²) in [6.07, 6.45) is 0. The van der Waals surface area contributed by atoms with Crippen molar-refractivity contribution in [2.24, 2.45) is 0 Å². The molecule has 0 aliphatic carbocycles. The van der Waals surface area contributed by atoms with Crippen molar-refractivity contribution in [1.82, 2.24) is 0 Å². The Hall–Kier alpha value is -0.0761. The molecule has 1 aliphatic rings. The van der Waals surface area contributed by atoms with Crippen LogP contribution in [0.5, 0.6) is 11.5 Å². The predicted molar refractivity (Wildman–Crippen MR) is 36.9 cm³/mol. The van der Waals surface area contributed by atoms with Gasteiger partial charge in [-0.15, -0.1) is 6.61 Å². The fourth-order valence-electron chi connectivity index (χ4n) is 0.914. The average Bonchev–Trinajstić information content (AvgIpc) is 2.05. The Morgan fingerprint density at radius 3 is 2.64 bits per heavy atom. The fraction of sp³-hybridized carbons (Fsp3) is 0.125. The van der Waals surface area contributed by atoms with Gasteiger partial charge in [0.2, 0.25) is 0 Å². The second kappa shape index (κ2) is 4.08. The molecule has 0 atom stereocenters. The van der Waals surface area contributed by atoms with Crippen LogP contribution in [0.25, 0.3) is 0 Å². The van der Waals surface area contributed by atoms with Gasteiger partial charge in [-0.2, -0.15) is 0 Å². The summed E-state index contributed by atoms with van der Waals surface area (Å²) in [6, 6.07) is 7.61. The zero-order valence-electron chi connectivity index (χ0n) is 5.99. The van der Waals surface area contributed by atoms with Gasteiger partial charge in [-0.25, -0.2) is 0 Å². The third-order valence-corrected chi connectivity index (χ3v) is 1.37. The Morgan fingerprint density at radius 1 is 1.18 bits per heavy atom. The van der Waals surface area contributed by atoms with Crippen LogP contribution in [0.1, 0.15) is 0 Å². The second-order valence-corrected chi connectivity index (χ2v) is 2.04. The molecule has 2 rings (SSSR count). The first-order chi connectivity index (χ1) is 4.97. The van der Waals surface area contributed by atoms with Crippen molar-refractivity contribution in [2.45, 2.75) is 0 Å². The Balaban J connectivity index is 0.000000605. The first-order valence-corrected chi connectivity index (χ1v) is 3.17. The van der Waals surface area contributed by atoms with E-state index in [0.29, 0.717) is 6.61 Å². The Kier molecular flexibility index (Phi) is 3.34. The van der Waals surface area contributed by atoms with E-state index in [-0.39, 0.29) is 32.7 Å². The van der Waals surface area contributed by atoms with Crippen molar-refractivity contribution in [2.75, 3.05) is 6.61 Å². The zero-order chi connectivity index (χ0) is 6.81. The average molecular weight is 224 g/mol. The van der Waals surface area contributed by atoms with E-state index < -0.39 is 0 Å². The molecule has 11 heavy (non-hydrogen) atoms. The summed E-state index contributed by atoms with van der Waals surface area (Å²) in [7, 11) is 0. The van der Waals surface area contributed by atoms with Crippen molar-refractivity contribution in [3.8, 4) is 11.5 Å². The molecule has 1 radical (unpaired) electrons. The van der Waals surface area contributed by atoms with Gasteiger partial charge in [0.15, 0.2) is 5.75 Å². The van der Waals surface area contributed by atoms with Crippen molar-refractivity contribution in [3.05, 3.63) is 30.9 Å². The smallest absolute Gasteiger partial charge is 0.155 e. The van der Waals surface area contributed by atoms with Crippen molar-refractivity contribution < 1.29 is 42.2 Å². The van der Waals surface area contributed by atoms with Gasteiger partial charge in [-0.1, -0.05) is 12.1 Å². The normalized spacial score (nSPS) is 13.5. The van der Waals surface area contributed by atoms with Crippen LogP contribution in [0.15, 0.2) is 24.3 Å². The summed E-state index contributed by atoms with van der Waals surface area (Å²) < 4.78 is 10.4. The molecule has 0 N–H and O–H groups in total. The third-order valence-electron chi connectivity index (χ3n) is 1.37. The van der Waals surface area contributed by atoms with Gasteiger partial charge in [-0.3, -0.25) is 0 Å². The third kappa shape index (κ3) is 1.94. The molecule has 0 saturated heterocycles. The van der Waals surface area contributed by atoms with Crippen LogP contribution in [0.2, 0.25) is 0 Å². The fourth-order valence-corrected chi connectivity index (χ4v) is 0.914. The van der Waals surface area contributed by atoms with Crippen LogP contribution in [0.3, 0.4) is 0 Å². The summed E-state index contributed by atoms with van der Waals surface area (Å²) in [5.74, 6) is 1.62. The van der Waals surface area contributed by atoms with Crippen molar-refractivity contribution in [3.63, 3.8) is 0 Å². The molecule has 1 aromatic rings. The molecular formula is C8H7O2Y-. The van der Waals surface area contributed by atoms with E-state index in [1.165, 1.54) is 0 Å². The van der Waals surface area contributed by atoms with Gasteiger partial charge >= 0.3 is 0 Å². The summed E-state index contributed by atoms with van der Waals surface area (Å²) in [5, 5.41) is 0. The summed E-state index contributed by atoms with van der Waals surface area (Å²) in [6.45, 7) is 2.18. The SMILES string of the molecule is [Y].c1ccc2c(c1)O[CH-]CO2. The predicted octanol–water partition coefficient (Wildman–Crippen LogP) is 1.62. The first kappa shape index (κ1) is 9.02. The Morgan fingerprint density at radius 2 is 1.91 bits per heavy atom. The molecule has 0 unspecified atom stereocenters. The molecule has 55 valence electrons. The van der Waals surface area contributed by atoms with E-state index in [1.54, 1.807) is 6.61 Å². The molecule has 1 aliphatic heterocycles. The van der Waals surface area contributed by atoms with Crippen LogP contribution < -0.4 is 9.47 Å². The van der Waals surface area contributed by atoms with Crippen molar-refractivity contribution in [1.29, 1.82) is 0 Å². The number of fused-ring (bicyclic) bond motifs is 1. The minimum Gasteiger partial charge on any atom is -0.657 e. The monoisotopic (exact) mass is 224 g/mol. The number of ether oxygens (including phenoxy) is 2. The van der Waals surface area contributed by atoms with Gasteiger partial charge in [-0.05, 0) is 18.7 Å². The van der Waals surface area contributed by atoms with Gasteiger partial charge in [0.05, 0.1) is 0 Å². The molecule has 0 aromatic heterocycles. The van der Waals surface area contributed by atoms with Gasteiger partial charge in [0.1, 0.15) is 5.75 Å². The standard InChI is InChI=1S/C8H7O2.Y/c1-2-4-8-7(3-1)9-5-6-10-8;/h1-5H,6H2;/q-1;. The number of benzene rings is 1. The van der Waals surface area contributed by atoms with E-state index >= 15 is 0 Å². The molecule has 2 nitrogen and oxygen atoms in total. The minimum atomic E-state index is 0. The maximum atomic E-state index is 5.24. The molecule has 0 amide bonds. The molecular weight excluding hydrogens is 217 g/mol. The number of hydrogen-bond donors (Lipinski definition) is 0. The summed E-state index contributed by atoms with van der Waals surface area (Å²) >= 11 is 0. The van der Waals surface area contributed by atoms with Gasteiger partial charge < -0.3 is 9.47 Å². The summed E-state index contributed by atoms with van der Waals surface area (Å²) in [4.78, 5) is 0. The Labute approximate surface area is 90.8 Å². The molecule has 1 heterocycles. The number of para-hydroxylation sites is 2. The van der Waals surface area contributed by atoms with Crippen molar-refractivity contribution >= 4 is 0 Å². The molecule has 0 fully saturated rings. The topological polar surface area (TPSA) is 18.5 Å². The van der Waals surface area contributed by atoms with Gasteiger partial charge in [0.25, 0.3) is 0 Å². The molecule has 1 aromatic carbocycles. The maximum Gasteiger partial charge on any atom is 0.155 e. The van der Waals surface area contributed by atoms with E-state index in [2.05, 4.69) is 0 Å². The largest absolute Gasteiger partial charge is 0.657 e. The van der Waals surface area contributed by atoms with Crippen LogP contribution in [-0.2, 0) is 32.7 Å². The van der Waals surface area contributed by atoms with Crippen LogP contribution >= 0.6 is 0 Å². The maximum absolute atomic E-state index is 5.24. The van der Waals surface area contributed by atoms with Crippen LogP contribution in [-0.4, -0.2) is 6.61 Å². The molecule has 3 heteroatoms. The summed E-state index contributed by atoms with van der Waals surface area (Å²) in [5.41, 5.74) is 0. The zero-order valence-corrected chi connectivity index (χ0v) is 8.83. The number of hydrogen-bond acceptors (Lipinski definition) is 2. The Bertz CT molecular complexity index is 212. The van der Waals surface area contributed by atoms with Gasteiger partial charge in [0, 0.05) is 32.7 Å². The first-order valence-electron chi connectivity index (χ1n) is 3.17. The van der Waals surface area contributed by atoms with Crippen LogP contribution in [0, 0.1) is 6.61 Å². The van der Waals surface area contributed by atoms with E-state index in [9.17, 15) is 0 Å². The molecule has 0 spiro atoms. The second-order valence-electron chi connectivity index (χ2n) is 2.04. The number of rotatable bonds is 0. The van der Waals surface area contributed by atoms with E-state index in [0.717, 1.165) is 11.5 Å². The molecule has 0 saturated carbocycles. The molecule has 0 bridgehead atoms.